The fourth-order valence-electron chi connectivity index (χ4n) is 1.17. The minimum absolute atomic E-state index is 0.105. The molecule has 0 bridgehead atoms. The third kappa shape index (κ3) is 2.38. The molecule has 0 heterocycles. The predicted molar refractivity (Wildman–Crippen MR) is 49.8 cm³/mol. The van der Waals surface area contributed by atoms with Crippen LogP contribution in [0.5, 0.6) is 0 Å². The number of carbonyl (C=O) groups excluding carboxylic acids is 1. The molecule has 0 amide bonds. The molecule has 0 fully saturated rings. The molecule has 0 radical (unpaired) electrons. The van der Waals surface area contributed by atoms with Crippen molar-refractivity contribution in [3.05, 3.63) is 39.2 Å². The van der Waals surface area contributed by atoms with Crippen molar-refractivity contribution in [1.29, 1.82) is 0 Å². The second-order valence-electron chi connectivity index (χ2n) is 2.95. The number of benzene rings is 1. The zero-order chi connectivity index (χ0) is 12.3. The van der Waals surface area contributed by atoms with E-state index >= 15 is 0 Å². The second-order valence-corrected chi connectivity index (χ2v) is 2.95. The molecule has 7 heteroatoms. The van der Waals surface area contributed by atoms with Crippen LogP contribution in [0.3, 0.4) is 0 Å². The maximum absolute atomic E-state index is 13.4. The third-order valence-electron chi connectivity index (χ3n) is 1.84. The van der Waals surface area contributed by atoms with Gasteiger partial charge in [-0.3, -0.25) is 19.7 Å². The maximum Gasteiger partial charge on any atom is 0.307 e. The highest BCUT2D eigenvalue weighted by Crippen LogP contribution is 2.21. The summed E-state index contributed by atoms with van der Waals surface area (Å²) in [7, 11) is 0. The fraction of sp³-hybridized carbons (Fsp3) is 0.111. The number of aldehydes is 1. The van der Waals surface area contributed by atoms with Crippen LogP contribution in [0, 0.1) is 15.9 Å². The Bertz CT molecular complexity index is 471. The molecule has 0 atom stereocenters. The Hall–Kier alpha value is -2.31. The highest BCUT2D eigenvalue weighted by molar-refractivity contribution is 5.79. The van der Waals surface area contributed by atoms with Gasteiger partial charge in [-0.25, -0.2) is 4.39 Å². The number of non-ortho nitro benzene ring substituents is 1. The molecule has 0 saturated carbocycles. The Balaban J connectivity index is 3.35. The van der Waals surface area contributed by atoms with Gasteiger partial charge in [-0.15, -0.1) is 0 Å². The zero-order valence-electron chi connectivity index (χ0n) is 7.84. The Kier molecular flexibility index (Phi) is 3.29. The summed E-state index contributed by atoms with van der Waals surface area (Å²) in [5.74, 6) is -2.38. The van der Waals surface area contributed by atoms with Gasteiger partial charge >= 0.3 is 5.97 Å². The zero-order valence-corrected chi connectivity index (χ0v) is 7.84. The van der Waals surface area contributed by atoms with E-state index in [4.69, 9.17) is 5.11 Å². The number of hydrogen-bond acceptors (Lipinski definition) is 4. The van der Waals surface area contributed by atoms with E-state index in [1.54, 1.807) is 0 Å². The van der Waals surface area contributed by atoms with Crippen LogP contribution in [0.2, 0.25) is 0 Å². The summed E-state index contributed by atoms with van der Waals surface area (Å²) in [4.78, 5) is 30.4. The Morgan fingerprint density at radius 1 is 1.56 bits per heavy atom. The summed E-state index contributed by atoms with van der Waals surface area (Å²) in [6, 6.07) is 1.56. The number of carboxylic acid groups (broad SMARTS) is 1. The predicted octanol–water partition coefficient (Wildman–Crippen LogP) is 1.17. The van der Waals surface area contributed by atoms with Gasteiger partial charge in [-0.2, -0.15) is 0 Å². The molecular weight excluding hydrogens is 221 g/mol. The number of nitro groups is 1. The lowest BCUT2D eigenvalue weighted by Crippen LogP contribution is -2.06. The van der Waals surface area contributed by atoms with E-state index in [9.17, 15) is 24.1 Å². The molecule has 6 nitrogen and oxygen atoms in total. The van der Waals surface area contributed by atoms with Crippen LogP contribution in [-0.2, 0) is 11.2 Å². The number of carbonyl (C=O) groups is 2. The lowest BCUT2D eigenvalue weighted by molar-refractivity contribution is -0.385. The number of rotatable bonds is 4. The first-order chi connectivity index (χ1) is 7.45. The van der Waals surface area contributed by atoms with Gasteiger partial charge in [0.2, 0.25) is 0 Å². The minimum Gasteiger partial charge on any atom is -0.481 e. The van der Waals surface area contributed by atoms with E-state index in [0.717, 1.165) is 12.1 Å². The molecule has 0 unspecified atom stereocenters. The van der Waals surface area contributed by atoms with Crippen molar-refractivity contribution in [1.82, 2.24) is 0 Å². The van der Waals surface area contributed by atoms with Gasteiger partial charge in [0.1, 0.15) is 5.82 Å². The number of aliphatic carboxylic acids is 1. The van der Waals surface area contributed by atoms with E-state index in [0.29, 0.717) is 0 Å². The van der Waals surface area contributed by atoms with Gasteiger partial charge in [0.25, 0.3) is 5.69 Å². The number of hydrogen-bond donors (Lipinski definition) is 1. The number of nitrogens with zero attached hydrogens (tertiary/aromatic N) is 1. The molecule has 1 rings (SSSR count). The third-order valence-corrected chi connectivity index (χ3v) is 1.84. The first-order valence-electron chi connectivity index (χ1n) is 4.09. The van der Waals surface area contributed by atoms with Gasteiger partial charge in [0.05, 0.1) is 16.9 Å². The summed E-state index contributed by atoms with van der Waals surface area (Å²) in [5.41, 5.74) is -1.42. The Morgan fingerprint density at radius 2 is 2.19 bits per heavy atom. The van der Waals surface area contributed by atoms with Crippen molar-refractivity contribution in [2.24, 2.45) is 0 Å². The van der Waals surface area contributed by atoms with Crippen molar-refractivity contribution in [3.63, 3.8) is 0 Å². The van der Waals surface area contributed by atoms with Gasteiger partial charge in [-0.05, 0) is 0 Å². The maximum atomic E-state index is 13.4. The lowest BCUT2D eigenvalue weighted by Gasteiger charge is -2.02. The molecule has 0 aliphatic heterocycles. The summed E-state index contributed by atoms with van der Waals surface area (Å²) >= 11 is 0. The van der Waals surface area contributed by atoms with E-state index in [-0.39, 0.29) is 11.8 Å². The van der Waals surface area contributed by atoms with Crippen LogP contribution in [-0.4, -0.2) is 22.3 Å². The van der Waals surface area contributed by atoms with E-state index in [2.05, 4.69) is 0 Å². The lowest BCUT2D eigenvalue weighted by atomic mass is 10.1. The van der Waals surface area contributed by atoms with Crippen molar-refractivity contribution in [2.75, 3.05) is 0 Å². The van der Waals surface area contributed by atoms with Crippen LogP contribution in [0.4, 0.5) is 10.1 Å². The first-order valence-corrected chi connectivity index (χ1v) is 4.09. The fourth-order valence-corrected chi connectivity index (χ4v) is 1.17. The smallest absolute Gasteiger partial charge is 0.307 e. The molecule has 1 aromatic carbocycles. The molecule has 0 aliphatic rings. The summed E-state index contributed by atoms with van der Waals surface area (Å²) in [5, 5.41) is 18.9. The molecule has 84 valence electrons. The highest BCUT2D eigenvalue weighted by atomic mass is 19.1. The van der Waals surface area contributed by atoms with E-state index < -0.39 is 34.4 Å². The van der Waals surface area contributed by atoms with E-state index in [1.165, 1.54) is 0 Å². The minimum atomic E-state index is -1.34. The van der Waals surface area contributed by atoms with Crippen LogP contribution < -0.4 is 0 Å². The molecule has 0 aromatic heterocycles. The Labute approximate surface area is 88.5 Å². The van der Waals surface area contributed by atoms with Gasteiger partial charge in [0, 0.05) is 17.7 Å². The highest BCUT2D eigenvalue weighted by Gasteiger charge is 2.17. The molecule has 16 heavy (non-hydrogen) atoms. The second kappa shape index (κ2) is 4.47. The van der Waals surface area contributed by atoms with Gasteiger partial charge < -0.3 is 5.11 Å². The van der Waals surface area contributed by atoms with Crippen LogP contribution in [0.15, 0.2) is 12.1 Å². The standard InChI is InChI=1S/C9H6FNO5/c10-9-5(3-8(13)14)1-7(11(15)16)2-6(9)4-12/h1-2,4H,3H2,(H,13,14). The molecule has 0 saturated heterocycles. The number of nitro benzene ring substituents is 1. The molecule has 1 N–H and O–H groups in total. The van der Waals surface area contributed by atoms with E-state index in [1.807, 2.05) is 0 Å². The van der Waals surface area contributed by atoms with Crippen molar-refractivity contribution < 1.29 is 24.0 Å². The first kappa shape index (κ1) is 11.8. The summed E-state index contributed by atoms with van der Waals surface area (Å²) in [6.07, 6.45) is -0.609. The quantitative estimate of drug-likeness (QED) is 0.473. The van der Waals surface area contributed by atoms with Crippen molar-refractivity contribution in [2.45, 2.75) is 6.42 Å². The SMILES string of the molecule is O=Cc1cc([N+](=O)[O-])cc(CC(=O)O)c1F. The monoisotopic (exact) mass is 227 g/mol. The van der Waals surface area contributed by atoms with Gasteiger partial charge in [0.15, 0.2) is 6.29 Å². The molecular formula is C9H6FNO5. The average Bonchev–Trinajstić information content (AvgIpc) is 2.20. The van der Waals surface area contributed by atoms with Crippen molar-refractivity contribution in [3.8, 4) is 0 Å². The van der Waals surface area contributed by atoms with Crippen molar-refractivity contribution >= 4 is 17.9 Å². The largest absolute Gasteiger partial charge is 0.481 e. The molecule has 0 aliphatic carbocycles. The number of halogens is 1. The summed E-state index contributed by atoms with van der Waals surface area (Å²) in [6.45, 7) is 0. The number of carboxylic acids is 1. The van der Waals surface area contributed by atoms with Crippen LogP contribution in [0.1, 0.15) is 15.9 Å². The van der Waals surface area contributed by atoms with Crippen LogP contribution in [0.25, 0.3) is 0 Å². The van der Waals surface area contributed by atoms with Crippen LogP contribution >= 0.6 is 0 Å². The molecule has 1 aromatic rings. The Morgan fingerprint density at radius 3 is 2.62 bits per heavy atom. The normalized spacial score (nSPS) is 9.81. The topological polar surface area (TPSA) is 97.5 Å². The van der Waals surface area contributed by atoms with Gasteiger partial charge in [-0.1, -0.05) is 0 Å². The molecule has 0 spiro atoms. The average molecular weight is 227 g/mol. The summed E-state index contributed by atoms with van der Waals surface area (Å²) < 4.78 is 13.4.